The molecule has 0 saturated heterocycles. The molecule has 0 aromatic carbocycles. The van der Waals surface area contributed by atoms with Crippen LogP contribution in [0, 0.1) is 0 Å². The predicted molar refractivity (Wildman–Crippen MR) is 73.9 cm³/mol. The van der Waals surface area contributed by atoms with Crippen molar-refractivity contribution < 1.29 is 4.79 Å². The molecule has 1 aliphatic carbocycles. The summed E-state index contributed by atoms with van der Waals surface area (Å²) < 4.78 is 1.91. The summed E-state index contributed by atoms with van der Waals surface area (Å²) in [6.45, 7) is 0.544. The van der Waals surface area contributed by atoms with Crippen molar-refractivity contribution in [2.75, 3.05) is 13.6 Å². The molecule has 0 radical (unpaired) electrons. The molecule has 0 aliphatic heterocycles. The monoisotopic (exact) mass is 248 g/mol. The number of carbonyl (C=O) groups is 1. The Morgan fingerprint density at radius 1 is 1.33 bits per heavy atom. The number of aryl methyl sites for hydroxylation is 1. The third-order valence-corrected chi connectivity index (χ3v) is 4.07. The van der Waals surface area contributed by atoms with Crippen molar-refractivity contribution >= 4 is 5.78 Å². The molecule has 0 bridgehead atoms. The molecule has 1 aliphatic rings. The second-order valence-electron chi connectivity index (χ2n) is 5.49. The Hall–Kier alpha value is -1.09. The summed E-state index contributed by atoms with van der Waals surface area (Å²) in [5, 5.41) is 0. The van der Waals surface area contributed by atoms with Crippen molar-refractivity contribution in [2.24, 2.45) is 7.05 Å². The van der Waals surface area contributed by atoms with E-state index < -0.39 is 0 Å². The van der Waals surface area contributed by atoms with E-state index in [1.807, 2.05) is 29.9 Å². The second-order valence-corrected chi connectivity index (χ2v) is 5.49. The zero-order valence-corrected chi connectivity index (χ0v) is 11.6. The molecule has 2 rings (SSSR count). The Labute approximate surface area is 110 Å². The summed E-state index contributed by atoms with van der Waals surface area (Å²) in [7, 11) is 4.02. The molecule has 1 aromatic rings. The second kappa shape index (κ2) is 6.19. The average molecular weight is 248 g/mol. The summed E-state index contributed by atoms with van der Waals surface area (Å²) in [4.78, 5) is 14.5. The van der Waals surface area contributed by atoms with Crippen molar-refractivity contribution in [3.63, 3.8) is 0 Å². The molecule has 0 amide bonds. The first kappa shape index (κ1) is 13.3. The zero-order chi connectivity index (χ0) is 13.0. The zero-order valence-electron chi connectivity index (χ0n) is 11.6. The molecular formula is C15H24N2O. The lowest BCUT2D eigenvalue weighted by Gasteiger charge is -2.26. The van der Waals surface area contributed by atoms with Crippen LogP contribution >= 0.6 is 0 Å². The van der Waals surface area contributed by atoms with Crippen LogP contribution < -0.4 is 0 Å². The lowest BCUT2D eigenvalue weighted by Crippen LogP contribution is -2.36. The Morgan fingerprint density at radius 3 is 2.56 bits per heavy atom. The molecule has 100 valence electrons. The van der Waals surface area contributed by atoms with Crippen LogP contribution in [0.15, 0.2) is 18.3 Å². The van der Waals surface area contributed by atoms with Crippen LogP contribution in [0.1, 0.15) is 49.0 Å². The summed E-state index contributed by atoms with van der Waals surface area (Å²) in [6, 6.07) is 4.43. The highest BCUT2D eigenvalue weighted by molar-refractivity contribution is 5.96. The number of nitrogens with zero attached hydrogens (tertiary/aromatic N) is 2. The number of hydrogen-bond acceptors (Lipinski definition) is 2. The van der Waals surface area contributed by atoms with Crippen molar-refractivity contribution in [3.8, 4) is 0 Å². The lowest BCUT2D eigenvalue weighted by atomic mass is 10.1. The summed E-state index contributed by atoms with van der Waals surface area (Å²) >= 11 is 0. The Bertz CT molecular complexity index is 389. The van der Waals surface area contributed by atoms with E-state index in [1.54, 1.807) is 0 Å². The van der Waals surface area contributed by atoms with Gasteiger partial charge in [0.15, 0.2) is 5.78 Å². The number of aromatic nitrogens is 1. The SMILES string of the molecule is CN(CC(=O)c1cccn1C)C1CCCCCC1. The smallest absolute Gasteiger partial charge is 0.193 e. The molecule has 0 unspecified atom stereocenters. The van der Waals surface area contributed by atoms with Gasteiger partial charge in [-0.1, -0.05) is 25.7 Å². The fraction of sp³-hybridized carbons (Fsp3) is 0.667. The molecule has 0 N–H and O–H groups in total. The van der Waals surface area contributed by atoms with Gasteiger partial charge >= 0.3 is 0 Å². The first-order valence-electron chi connectivity index (χ1n) is 7.03. The number of Topliss-reactive ketones (excluding diaryl/α,β-unsaturated/α-hetero) is 1. The highest BCUT2D eigenvalue weighted by atomic mass is 16.1. The maximum absolute atomic E-state index is 12.2. The molecule has 1 heterocycles. The minimum Gasteiger partial charge on any atom is -0.348 e. The van der Waals surface area contributed by atoms with E-state index in [0.29, 0.717) is 12.6 Å². The molecule has 1 saturated carbocycles. The molecular weight excluding hydrogens is 224 g/mol. The van der Waals surface area contributed by atoms with Gasteiger partial charge in [0.05, 0.1) is 12.2 Å². The Balaban J connectivity index is 1.92. The van der Waals surface area contributed by atoms with E-state index in [1.165, 1.54) is 38.5 Å². The minimum atomic E-state index is 0.231. The largest absolute Gasteiger partial charge is 0.348 e. The molecule has 3 heteroatoms. The normalized spacial score (nSPS) is 17.9. The number of carbonyl (C=O) groups excluding carboxylic acids is 1. The van der Waals surface area contributed by atoms with Gasteiger partial charge in [-0.05, 0) is 32.0 Å². The van der Waals surface area contributed by atoms with Crippen LogP contribution in [0.4, 0.5) is 0 Å². The van der Waals surface area contributed by atoms with Crippen LogP contribution in [0.2, 0.25) is 0 Å². The molecule has 0 spiro atoms. The quantitative estimate of drug-likeness (QED) is 0.604. The van der Waals surface area contributed by atoms with Crippen molar-refractivity contribution in [2.45, 2.75) is 44.6 Å². The van der Waals surface area contributed by atoms with Crippen LogP contribution in [0.3, 0.4) is 0 Å². The molecule has 1 fully saturated rings. The topological polar surface area (TPSA) is 25.2 Å². The van der Waals surface area contributed by atoms with Crippen molar-refractivity contribution in [3.05, 3.63) is 24.0 Å². The highest BCUT2D eigenvalue weighted by Gasteiger charge is 2.20. The van der Waals surface area contributed by atoms with E-state index >= 15 is 0 Å². The molecule has 0 atom stereocenters. The fourth-order valence-electron chi connectivity index (χ4n) is 2.89. The Kier molecular flexibility index (Phi) is 4.59. The number of hydrogen-bond donors (Lipinski definition) is 0. The standard InChI is InChI=1S/C15H24N2O/c1-16-11-7-10-14(16)15(18)12-17(2)13-8-5-3-4-6-9-13/h7,10-11,13H,3-6,8-9,12H2,1-2H3. The summed E-state index contributed by atoms with van der Waals surface area (Å²) in [6.07, 6.45) is 9.76. The average Bonchev–Trinajstić information content (AvgIpc) is 2.63. The van der Waals surface area contributed by atoms with Gasteiger partial charge in [0.1, 0.15) is 0 Å². The van der Waals surface area contributed by atoms with Crippen LogP contribution in [0.5, 0.6) is 0 Å². The third-order valence-electron chi connectivity index (χ3n) is 4.07. The van der Waals surface area contributed by atoms with E-state index in [4.69, 9.17) is 0 Å². The number of rotatable bonds is 4. The van der Waals surface area contributed by atoms with Gasteiger partial charge in [0.2, 0.25) is 0 Å². The van der Waals surface area contributed by atoms with Gasteiger partial charge in [-0.3, -0.25) is 9.69 Å². The highest BCUT2D eigenvalue weighted by Crippen LogP contribution is 2.21. The van der Waals surface area contributed by atoms with E-state index in [9.17, 15) is 4.79 Å². The van der Waals surface area contributed by atoms with Crippen LogP contribution in [0.25, 0.3) is 0 Å². The number of likely N-dealkylation sites (N-methyl/N-ethyl adjacent to an activating group) is 1. The van der Waals surface area contributed by atoms with Crippen molar-refractivity contribution in [1.82, 2.24) is 9.47 Å². The lowest BCUT2D eigenvalue weighted by molar-refractivity contribution is 0.0904. The fourth-order valence-corrected chi connectivity index (χ4v) is 2.89. The number of ketones is 1. The third kappa shape index (κ3) is 3.22. The van der Waals surface area contributed by atoms with E-state index in [-0.39, 0.29) is 5.78 Å². The first-order chi connectivity index (χ1) is 8.68. The summed E-state index contributed by atoms with van der Waals surface area (Å²) in [5.74, 6) is 0.231. The van der Waals surface area contributed by atoms with Crippen LogP contribution in [-0.2, 0) is 7.05 Å². The van der Waals surface area contributed by atoms with Crippen molar-refractivity contribution in [1.29, 1.82) is 0 Å². The van der Waals surface area contributed by atoms with Gasteiger partial charge in [0, 0.05) is 19.3 Å². The van der Waals surface area contributed by atoms with Gasteiger partial charge in [-0.25, -0.2) is 0 Å². The summed E-state index contributed by atoms with van der Waals surface area (Å²) in [5.41, 5.74) is 0.815. The van der Waals surface area contributed by atoms with E-state index in [0.717, 1.165) is 5.69 Å². The minimum absolute atomic E-state index is 0.231. The molecule has 1 aromatic heterocycles. The maximum Gasteiger partial charge on any atom is 0.193 e. The first-order valence-corrected chi connectivity index (χ1v) is 7.03. The maximum atomic E-state index is 12.2. The molecule has 3 nitrogen and oxygen atoms in total. The predicted octanol–water partition coefficient (Wildman–Crippen LogP) is 2.86. The van der Waals surface area contributed by atoms with Gasteiger partial charge in [-0.2, -0.15) is 0 Å². The Morgan fingerprint density at radius 2 is 2.00 bits per heavy atom. The van der Waals surface area contributed by atoms with Gasteiger partial charge in [-0.15, -0.1) is 0 Å². The van der Waals surface area contributed by atoms with E-state index in [2.05, 4.69) is 11.9 Å². The van der Waals surface area contributed by atoms with Gasteiger partial charge < -0.3 is 4.57 Å². The van der Waals surface area contributed by atoms with Gasteiger partial charge in [0.25, 0.3) is 0 Å². The van der Waals surface area contributed by atoms with Crippen LogP contribution in [-0.4, -0.2) is 34.9 Å². The molecule has 18 heavy (non-hydrogen) atoms.